The topological polar surface area (TPSA) is 125 Å². The summed E-state index contributed by atoms with van der Waals surface area (Å²) in [6.07, 6.45) is 0. The Labute approximate surface area is 95.1 Å². The van der Waals surface area contributed by atoms with E-state index in [-0.39, 0.29) is 0 Å². The van der Waals surface area contributed by atoms with Gasteiger partial charge in [-0.3, -0.25) is 0 Å². The van der Waals surface area contributed by atoms with Gasteiger partial charge in [0.2, 0.25) is 0 Å². The summed E-state index contributed by atoms with van der Waals surface area (Å²) in [6.45, 7) is 3.63. The van der Waals surface area contributed by atoms with Gasteiger partial charge in [-0.1, -0.05) is 0 Å². The molecule has 86 valence electrons. The van der Waals surface area contributed by atoms with Crippen molar-refractivity contribution in [1.29, 1.82) is 0 Å². The Hall–Kier alpha value is -2.58. The number of nitrogens with one attached hydrogen (secondary N) is 3. The number of aromatic nitrogens is 9. The number of hydrogen-bond acceptors (Lipinski definition) is 6. The van der Waals surface area contributed by atoms with Gasteiger partial charge in [0.15, 0.2) is 23.3 Å². The Morgan fingerprint density at radius 1 is 0.529 bits per heavy atom. The number of H-pyrrole nitrogens is 3. The van der Waals surface area contributed by atoms with E-state index < -0.39 is 0 Å². The van der Waals surface area contributed by atoms with Crippen LogP contribution in [0.5, 0.6) is 0 Å². The highest BCUT2D eigenvalue weighted by Gasteiger charge is 2.12. The van der Waals surface area contributed by atoms with Crippen LogP contribution in [-0.4, -0.2) is 45.5 Å². The molecule has 0 fully saturated rings. The first-order chi connectivity index (χ1) is 8.22. The molecule has 9 heteroatoms. The predicted octanol–water partition coefficient (Wildman–Crippen LogP) is -0.00826. The minimum absolute atomic E-state index is 0.509. The zero-order valence-electron chi connectivity index (χ0n) is 9.18. The summed E-state index contributed by atoms with van der Waals surface area (Å²) in [4.78, 5) is 8.90. The molecule has 0 amide bonds. The largest absolute Gasteiger partial charge is 0.322 e. The Bertz CT molecular complexity index is 591. The SMILES string of the molecule is Cc1nnc(-c2nnc(-c3nnc(C)[nH]3)[nH]2)[nH]1. The zero-order valence-corrected chi connectivity index (χ0v) is 9.18. The van der Waals surface area contributed by atoms with Crippen molar-refractivity contribution in [2.45, 2.75) is 13.8 Å². The molecule has 0 saturated heterocycles. The van der Waals surface area contributed by atoms with Crippen molar-refractivity contribution in [3.63, 3.8) is 0 Å². The summed E-state index contributed by atoms with van der Waals surface area (Å²) in [5.41, 5.74) is 0. The number of nitrogens with zero attached hydrogens (tertiary/aromatic N) is 6. The maximum atomic E-state index is 3.96. The Balaban J connectivity index is 1.98. The van der Waals surface area contributed by atoms with Gasteiger partial charge in [0, 0.05) is 0 Å². The molecule has 9 nitrogen and oxygen atoms in total. The van der Waals surface area contributed by atoms with Gasteiger partial charge in [-0.25, -0.2) is 0 Å². The molecule has 3 aromatic rings. The first kappa shape index (κ1) is 9.63. The molecule has 0 aliphatic rings. The molecule has 3 heterocycles. The van der Waals surface area contributed by atoms with Crippen molar-refractivity contribution in [2.75, 3.05) is 0 Å². The lowest BCUT2D eigenvalue weighted by molar-refractivity contribution is 1.02. The summed E-state index contributed by atoms with van der Waals surface area (Å²) in [6, 6.07) is 0. The van der Waals surface area contributed by atoms with E-state index in [1.807, 2.05) is 13.8 Å². The van der Waals surface area contributed by atoms with Gasteiger partial charge in [0.25, 0.3) is 0 Å². The number of aromatic amines is 3. The minimum atomic E-state index is 0.509. The van der Waals surface area contributed by atoms with Crippen LogP contribution in [0.3, 0.4) is 0 Å². The fourth-order valence-electron chi connectivity index (χ4n) is 1.38. The highest BCUT2D eigenvalue weighted by atomic mass is 15.3. The number of hydrogen-bond donors (Lipinski definition) is 3. The van der Waals surface area contributed by atoms with E-state index >= 15 is 0 Å². The second-order valence-corrected chi connectivity index (χ2v) is 3.54. The smallest absolute Gasteiger partial charge is 0.199 e. The molecule has 3 rings (SSSR count). The van der Waals surface area contributed by atoms with E-state index in [1.54, 1.807) is 0 Å². The molecule has 0 bridgehead atoms. The van der Waals surface area contributed by atoms with Crippen LogP contribution in [0.25, 0.3) is 23.3 Å². The summed E-state index contributed by atoms with van der Waals surface area (Å²) in [7, 11) is 0. The van der Waals surface area contributed by atoms with Crippen LogP contribution in [0.1, 0.15) is 11.6 Å². The van der Waals surface area contributed by atoms with Crippen molar-refractivity contribution in [3.8, 4) is 23.3 Å². The summed E-state index contributed by atoms with van der Waals surface area (Å²) < 4.78 is 0. The molecule has 0 aromatic carbocycles. The van der Waals surface area contributed by atoms with Crippen LogP contribution >= 0.6 is 0 Å². The molecule has 3 N–H and O–H groups in total. The Morgan fingerprint density at radius 2 is 0.882 bits per heavy atom. The molecule has 0 spiro atoms. The van der Waals surface area contributed by atoms with Crippen LogP contribution in [-0.2, 0) is 0 Å². The molecule has 17 heavy (non-hydrogen) atoms. The summed E-state index contributed by atoms with van der Waals surface area (Å²) >= 11 is 0. The van der Waals surface area contributed by atoms with E-state index in [9.17, 15) is 0 Å². The van der Waals surface area contributed by atoms with Crippen LogP contribution in [0.2, 0.25) is 0 Å². The van der Waals surface area contributed by atoms with E-state index in [1.165, 1.54) is 0 Å². The normalized spacial score (nSPS) is 10.9. The lowest BCUT2D eigenvalue weighted by Gasteiger charge is -1.86. The van der Waals surface area contributed by atoms with Crippen molar-refractivity contribution in [2.24, 2.45) is 0 Å². The molecule has 0 unspecified atom stereocenters. The van der Waals surface area contributed by atoms with Crippen molar-refractivity contribution in [3.05, 3.63) is 11.6 Å². The van der Waals surface area contributed by atoms with Crippen LogP contribution in [0, 0.1) is 13.8 Å². The van der Waals surface area contributed by atoms with Crippen LogP contribution in [0.4, 0.5) is 0 Å². The van der Waals surface area contributed by atoms with Gasteiger partial charge in [0.1, 0.15) is 11.6 Å². The quantitative estimate of drug-likeness (QED) is 0.569. The number of aryl methyl sites for hydroxylation is 2. The minimum Gasteiger partial charge on any atom is -0.322 e. The fourth-order valence-corrected chi connectivity index (χ4v) is 1.38. The standard InChI is InChI=1S/C8H9N9/c1-3-9-5(14-12-3)7-11-8(17-16-7)6-10-4(2)13-15-6/h1-2H3,(H,9,12,14)(H,10,13,15)(H,11,16,17). The maximum Gasteiger partial charge on any atom is 0.199 e. The van der Waals surface area contributed by atoms with Crippen molar-refractivity contribution < 1.29 is 0 Å². The zero-order chi connectivity index (χ0) is 11.8. The second-order valence-electron chi connectivity index (χ2n) is 3.54. The third-order valence-corrected chi connectivity index (χ3v) is 2.13. The van der Waals surface area contributed by atoms with E-state index in [0.717, 1.165) is 0 Å². The molecular weight excluding hydrogens is 222 g/mol. The molecule has 0 atom stereocenters. The van der Waals surface area contributed by atoms with Gasteiger partial charge in [0.05, 0.1) is 0 Å². The molecule has 0 saturated carbocycles. The van der Waals surface area contributed by atoms with Crippen molar-refractivity contribution >= 4 is 0 Å². The predicted molar refractivity (Wildman–Crippen MR) is 56.6 cm³/mol. The maximum absolute atomic E-state index is 3.96. The molecule has 0 radical (unpaired) electrons. The lowest BCUT2D eigenvalue weighted by Crippen LogP contribution is -1.85. The Kier molecular flexibility index (Phi) is 1.97. The average Bonchev–Trinajstić information content (AvgIpc) is 2.96. The van der Waals surface area contributed by atoms with E-state index in [4.69, 9.17) is 0 Å². The molecule has 0 aliphatic heterocycles. The van der Waals surface area contributed by atoms with Gasteiger partial charge >= 0.3 is 0 Å². The summed E-state index contributed by atoms with van der Waals surface area (Å²) in [5.74, 6) is 3.53. The fraction of sp³-hybridized carbons (Fsp3) is 0.250. The second kappa shape index (κ2) is 3.47. The van der Waals surface area contributed by atoms with Gasteiger partial charge in [-0.05, 0) is 13.8 Å². The summed E-state index contributed by atoms with van der Waals surface area (Å²) in [5, 5.41) is 23.4. The van der Waals surface area contributed by atoms with Gasteiger partial charge in [-0.2, -0.15) is 0 Å². The molecule has 3 aromatic heterocycles. The van der Waals surface area contributed by atoms with E-state index in [0.29, 0.717) is 34.9 Å². The molecular formula is C8H9N9. The van der Waals surface area contributed by atoms with E-state index in [2.05, 4.69) is 45.5 Å². The monoisotopic (exact) mass is 231 g/mol. The highest BCUT2D eigenvalue weighted by Crippen LogP contribution is 2.13. The third-order valence-electron chi connectivity index (χ3n) is 2.13. The van der Waals surface area contributed by atoms with Crippen molar-refractivity contribution in [1.82, 2.24) is 45.5 Å². The van der Waals surface area contributed by atoms with Crippen LogP contribution < -0.4 is 0 Å². The highest BCUT2D eigenvalue weighted by molar-refractivity contribution is 5.49. The number of rotatable bonds is 2. The average molecular weight is 231 g/mol. The lowest BCUT2D eigenvalue weighted by atomic mass is 10.5. The van der Waals surface area contributed by atoms with Crippen LogP contribution in [0.15, 0.2) is 0 Å². The third kappa shape index (κ3) is 1.67. The molecule has 0 aliphatic carbocycles. The first-order valence-electron chi connectivity index (χ1n) is 4.94. The first-order valence-corrected chi connectivity index (χ1v) is 4.94. The van der Waals surface area contributed by atoms with Gasteiger partial charge < -0.3 is 15.0 Å². The Morgan fingerprint density at radius 3 is 1.24 bits per heavy atom. The van der Waals surface area contributed by atoms with Gasteiger partial charge in [-0.15, -0.1) is 30.6 Å².